The van der Waals surface area contributed by atoms with Crippen molar-refractivity contribution in [3.8, 4) is 0 Å². The number of rotatable bonds is 3. The number of benzene rings is 1. The fourth-order valence-electron chi connectivity index (χ4n) is 2.01. The van der Waals surface area contributed by atoms with Gasteiger partial charge in [-0.2, -0.15) is 0 Å². The molecule has 2 nitrogen and oxygen atoms in total. The van der Waals surface area contributed by atoms with Gasteiger partial charge in [0.25, 0.3) is 0 Å². The molecule has 0 saturated heterocycles. The largest absolute Gasteiger partial charge is 0.327 e. The van der Waals surface area contributed by atoms with Crippen LogP contribution in [0.4, 0.5) is 0 Å². The van der Waals surface area contributed by atoms with Gasteiger partial charge >= 0.3 is 0 Å². The lowest BCUT2D eigenvalue weighted by molar-refractivity contribution is 0.233. The number of aromatic nitrogens is 2. The summed E-state index contributed by atoms with van der Waals surface area (Å²) in [5, 5.41) is 0. The molecule has 19 heavy (non-hydrogen) atoms. The Hall–Kier alpha value is -0.540. The van der Waals surface area contributed by atoms with Gasteiger partial charge in [-0.05, 0) is 29.5 Å². The van der Waals surface area contributed by atoms with Crippen molar-refractivity contribution in [2.75, 3.05) is 0 Å². The van der Waals surface area contributed by atoms with Crippen molar-refractivity contribution in [2.24, 2.45) is 11.3 Å². The zero-order valence-electron chi connectivity index (χ0n) is 11.9. The summed E-state index contributed by atoms with van der Waals surface area (Å²) in [6.07, 6.45) is 0. The molecule has 1 aromatic heterocycles. The number of hydrogen-bond donors (Lipinski definition) is 0. The van der Waals surface area contributed by atoms with Crippen LogP contribution in [0.15, 0.2) is 22.7 Å². The van der Waals surface area contributed by atoms with Gasteiger partial charge in [-0.25, -0.2) is 4.98 Å². The molecule has 0 bridgehead atoms. The Labute approximate surface area is 128 Å². The van der Waals surface area contributed by atoms with Gasteiger partial charge in [-0.1, -0.05) is 43.6 Å². The Bertz CT molecular complexity index is 584. The van der Waals surface area contributed by atoms with Gasteiger partial charge in [-0.3, -0.25) is 0 Å². The summed E-state index contributed by atoms with van der Waals surface area (Å²) < 4.78 is 3.31. The monoisotopic (exact) mass is 342 g/mol. The Balaban J connectivity index is 2.46. The second kappa shape index (κ2) is 5.45. The molecule has 0 fully saturated rings. The minimum atomic E-state index is 0.273. The average Bonchev–Trinajstić information content (AvgIpc) is 2.65. The van der Waals surface area contributed by atoms with E-state index < -0.39 is 0 Å². The van der Waals surface area contributed by atoms with E-state index >= 15 is 0 Å². The van der Waals surface area contributed by atoms with Gasteiger partial charge in [0.2, 0.25) is 0 Å². The van der Waals surface area contributed by atoms with Crippen LogP contribution < -0.4 is 0 Å². The lowest BCUT2D eigenvalue weighted by Crippen LogP contribution is -2.23. The molecular weight excluding hydrogens is 324 g/mol. The molecule has 0 saturated carbocycles. The maximum atomic E-state index is 6.05. The van der Waals surface area contributed by atoms with Crippen LogP contribution in [0.1, 0.15) is 33.5 Å². The van der Waals surface area contributed by atoms with E-state index in [0.717, 1.165) is 27.9 Å². The molecule has 0 aliphatic carbocycles. The van der Waals surface area contributed by atoms with Crippen LogP contribution in [-0.4, -0.2) is 9.55 Å². The van der Waals surface area contributed by atoms with E-state index in [1.807, 2.05) is 6.07 Å². The highest BCUT2D eigenvalue weighted by molar-refractivity contribution is 9.10. The van der Waals surface area contributed by atoms with Gasteiger partial charge in [-0.15, -0.1) is 11.6 Å². The topological polar surface area (TPSA) is 17.8 Å². The molecule has 2 rings (SSSR count). The van der Waals surface area contributed by atoms with Crippen molar-refractivity contribution in [1.82, 2.24) is 9.55 Å². The van der Waals surface area contributed by atoms with Crippen molar-refractivity contribution in [3.05, 3.63) is 28.5 Å². The molecule has 0 amide bonds. The first-order valence-corrected chi connectivity index (χ1v) is 7.86. The SMILES string of the molecule is CC(Cn1c(CCl)nc2cc(Br)ccc21)C(C)(C)C. The van der Waals surface area contributed by atoms with Crippen LogP contribution in [0.5, 0.6) is 0 Å². The number of imidazole rings is 1. The molecule has 1 unspecified atom stereocenters. The molecule has 0 radical (unpaired) electrons. The Morgan fingerprint density at radius 3 is 2.63 bits per heavy atom. The number of halogens is 2. The Kier molecular flexibility index (Phi) is 4.26. The average molecular weight is 344 g/mol. The minimum Gasteiger partial charge on any atom is -0.327 e. The third-order valence-corrected chi connectivity index (χ3v) is 4.58. The van der Waals surface area contributed by atoms with Gasteiger partial charge < -0.3 is 4.57 Å². The summed E-state index contributed by atoms with van der Waals surface area (Å²) in [7, 11) is 0. The maximum absolute atomic E-state index is 6.05. The summed E-state index contributed by atoms with van der Waals surface area (Å²) in [6.45, 7) is 10.0. The summed E-state index contributed by atoms with van der Waals surface area (Å²) >= 11 is 9.53. The highest BCUT2D eigenvalue weighted by Crippen LogP contribution is 2.29. The van der Waals surface area contributed by atoms with Crippen molar-refractivity contribution in [2.45, 2.75) is 40.1 Å². The molecule has 1 heterocycles. The van der Waals surface area contributed by atoms with E-state index in [1.165, 1.54) is 0 Å². The Morgan fingerprint density at radius 1 is 1.37 bits per heavy atom. The third kappa shape index (κ3) is 3.14. The highest BCUT2D eigenvalue weighted by atomic mass is 79.9. The molecule has 0 spiro atoms. The molecule has 1 aromatic carbocycles. The van der Waals surface area contributed by atoms with E-state index in [2.05, 4.69) is 65.3 Å². The zero-order valence-corrected chi connectivity index (χ0v) is 14.2. The molecule has 2 aromatic rings. The van der Waals surface area contributed by atoms with Gasteiger partial charge in [0, 0.05) is 11.0 Å². The fraction of sp³-hybridized carbons (Fsp3) is 0.533. The molecule has 0 N–H and O–H groups in total. The maximum Gasteiger partial charge on any atom is 0.124 e. The second-order valence-corrected chi connectivity index (χ2v) is 7.36. The van der Waals surface area contributed by atoms with E-state index in [1.54, 1.807) is 0 Å². The lowest BCUT2D eigenvalue weighted by atomic mass is 9.82. The van der Waals surface area contributed by atoms with Crippen LogP contribution in [0, 0.1) is 11.3 Å². The number of nitrogens with zero attached hydrogens (tertiary/aromatic N) is 2. The van der Waals surface area contributed by atoms with E-state index in [-0.39, 0.29) is 5.41 Å². The standard InChI is InChI=1S/C15H20BrClN2/c1-10(15(2,3)4)9-19-13-6-5-11(16)7-12(13)18-14(19)8-17/h5-7,10H,8-9H2,1-4H3. The van der Waals surface area contributed by atoms with Crippen molar-refractivity contribution < 1.29 is 0 Å². The molecule has 0 aliphatic rings. The van der Waals surface area contributed by atoms with Crippen LogP contribution in [-0.2, 0) is 12.4 Å². The minimum absolute atomic E-state index is 0.273. The molecular formula is C15H20BrClN2. The molecule has 1 atom stereocenters. The normalized spacial score (nSPS) is 14.0. The second-order valence-electron chi connectivity index (χ2n) is 6.17. The first-order chi connectivity index (χ1) is 8.82. The number of fused-ring (bicyclic) bond motifs is 1. The van der Waals surface area contributed by atoms with E-state index in [9.17, 15) is 0 Å². The Morgan fingerprint density at radius 2 is 2.05 bits per heavy atom. The fourth-order valence-corrected chi connectivity index (χ4v) is 2.56. The first kappa shape index (κ1) is 14.9. The number of alkyl halides is 1. The molecule has 0 aliphatic heterocycles. The highest BCUT2D eigenvalue weighted by Gasteiger charge is 2.22. The lowest BCUT2D eigenvalue weighted by Gasteiger charge is -2.28. The molecule has 104 valence electrons. The van der Waals surface area contributed by atoms with Crippen molar-refractivity contribution in [3.63, 3.8) is 0 Å². The van der Waals surface area contributed by atoms with Crippen LogP contribution in [0.3, 0.4) is 0 Å². The van der Waals surface area contributed by atoms with Crippen LogP contribution in [0.2, 0.25) is 0 Å². The van der Waals surface area contributed by atoms with Gasteiger partial charge in [0.1, 0.15) is 5.82 Å². The summed E-state index contributed by atoms with van der Waals surface area (Å²) in [6, 6.07) is 6.21. The summed E-state index contributed by atoms with van der Waals surface area (Å²) in [5.74, 6) is 1.95. The van der Waals surface area contributed by atoms with Crippen molar-refractivity contribution in [1.29, 1.82) is 0 Å². The third-order valence-electron chi connectivity index (χ3n) is 3.84. The van der Waals surface area contributed by atoms with Gasteiger partial charge in [0.15, 0.2) is 0 Å². The van der Waals surface area contributed by atoms with E-state index in [0.29, 0.717) is 11.8 Å². The van der Waals surface area contributed by atoms with Crippen LogP contribution in [0.25, 0.3) is 11.0 Å². The first-order valence-electron chi connectivity index (χ1n) is 6.53. The quantitative estimate of drug-likeness (QED) is 0.699. The molecule has 4 heteroatoms. The van der Waals surface area contributed by atoms with Crippen LogP contribution >= 0.6 is 27.5 Å². The van der Waals surface area contributed by atoms with Gasteiger partial charge in [0.05, 0.1) is 16.9 Å². The smallest absolute Gasteiger partial charge is 0.124 e. The van der Waals surface area contributed by atoms with Crippen molar-refractivity contribution >= 4 is 38.6 Å². The predicted octanol–water partition coefficient (Wildman–Crippen LogP) is 5.22. The van der Waals surface area contributed by atoms with E-state index in [4.69, 9.17) is 11.6 Å². The summed E-state index contributed by atoms with van der Waals surface area (Å²) in [4.78, 5) is 4.63. The number of hydrogen-bond acceptors (Lipinski definition) is 1. The summed E-state index contributed by atoms with van der Waals surface area (Å²) in [5.41, 5.74) is 2.44. The predicted molar refractivity (Wildman–Crippen MR) is 85.6 cm³/mol. The zero-order chi connectivity index (χ0) is 14.2.